The Bertz CT molecular complexity index is 1010. The minimum atomic E-state index is 0.604. The van der Waals surface area contributed by atoms with Crippen LogP contribution in [0.5, 0.6) is 0 Å². The van der Waals surface area contributed by atoms with Crippen molar-refractivity contribution < 1.29 is 8.83 Å². The van der Waals surface area contributed by atoms with Gasteiger partial charge in [-0.15, -0.1) is 0 Å². The summed E-state index contributed by atoms with van der Waals surface area (Å²) >= 11 is 0. The van der Waals surface area contributed by atoms with Crippen LogP contribution in [-0.4, -0.2) is 4.98 Å². The minimum absolute atomic E-state index is 0.604. The highest BCUT2D eigenvalue weighted by Crippen LogP contribution is 2.35. The summed E-state index contributed by atoms with van der Waals surface area (Å²) in [6.45, 7) is 0. The van der Waals surface area contributed by atoms with Crippen LogP contribution in [0.1, 0.15) is 0 Å². The number of hydrogen-bond donors (Lipinski definition) is 0. The molecular weight excluding hydrogens is 298 g/mol. The van der Waals surface area contributed by atoms with Gasteiger partial charge in [0.05, 0.1) is 0 Å². The number of aromatic nitrogens is 1. The van der Waals surface area contributed by atoms with Gasteiger partial charge in [0.25, 0.3) is 0 Å². The number of rotatable bonds is 2. The van der Waals surface area contributed by atoms with Crippen LogP contribution in [0.15, 0.2) is 87.7 Å². The van der Waals surface area contributed by atoms with E-state index in [1.807, 2.05) is 72.8 Å². The van der Waals surface area contributed by atoms with Gasteiger partial charge >= 0.3 is 0 Å². The summed E-state index contributed by atoms with van der Waals surface area (Å²) in [5, 5.41) is 1.08. The fourth-order valence-electron chi connectivity index (χ4n) is 2.99. The lowest BCUT2D eigenvalue weighted by atomic mass is 10.1. The molecule has 3 aromatic carbocycles. The fraction of sp³-hybridized carbons (Fsp3) is 0. The van der Waals surface area contributed by atoms with Crippen molar-refractivity contribution in [2.45, 2.75) is 0 Å². The summed E-state index contributed by atoms with van der Waals surface area (Å²) < 4.78 is 12.0. The number of oxazole rings is 1. The van der Waals surface area contributed by atoms with Gasteiger partial charge in [0.15, 0.2) is 5.58 Å². The Labute approximate surface area is 138 Å². The van der Waals surface area contributed by atoms with Crippen molar-refractivity contribution >= 4 is 22.1 Å². The molecule has 5 aromatic rings. The third-order valence-electron chi connectivity index (χ3n) is 4.14. The largest absolute Gasteiger partial charge is 0.456 e. The number of benzene rings is 3. The van der Waals surface area contributed by atoms with Gasteiger partial charge in [0.2, 0.25) is 5.89 Å². The number of para-hydroxylation sites is 3. The lowest BCUT2D eigenvalue weighted by molar-refractivity contribution is 0.616. The maximum atomic E-state index is 6.02. The molecule has 24 heavy (non-hydrogen) atoms. The summed E-state index contributed by atoms with van der Waals surface area (Å²) in [6.07, 6.45) is 0. The molecular formula is C21H13NO2. The molecule has 0 unspecified atom stereocenters. The predicted molar refractivity (Wildman–Crippen MR) is 94.7 cm³/mol. The van der Waals surface area contributed by atoms with E-state index in [4.69, 9.17) is 8.83 Å². The normalized spacial score (nSPS) is 11.3. The Kier molecular flexibility index (Phi) is 2.79. The van der Waals surface area contributed by atoms with E-state index in [-0.39, 0.29) is 0 Å². The summed E-state index contributed by atoms with van der Waals surface area (Å²) in [5.41, 5.74) is 4.41. The van der Waals surface area contributed by atoms with E-state index in [0.29, 0.717) is 5.89 Å². The molecule has 0 saturated heterocycles. The van der Waals surface area contributed by atoms with Crippen LogP contribution in [-0.2, 0) is 0 Å². The van der Waals surface area contributed by atoms with Crippen molar-refractivity contribution in [3.05, 3.63) is 78.9 Å². The van der Waals surface area contributed by atoms with Gasteiger partial charge in [-0.2, -0.15) is 0 Å². The van der Waals surface area contributed by atoms with Gasteiger partial charge in [-0.25, -0.2) is 4.98 Å². The maximum Gasteiger partial charge on any atom is 0.228 e. The quantitative estimate of drug-likeness (QED) is 0.407. The second-order valence-corrected chi connectivity index (χ2v) is 5.68. The summed E-state index contributed by atoms with van der Waals surface area (Å²) in [6, 6.07) is 25.9. The molecule has 0 aliphatic rings. The van der Waals surface area contributed by atoms with E-state index in [9.17, 15) is 0 Å². The maximum absolute atomic E-state index is 6.02. The van der Waals surface area contributed by atoms with Gasteiger partial charge in [-0.3, -0.25) is 0 Å². The molecule has 0 N–H and O–H groups in total. The lowest BCUT2D eigenvalue weighted by Crippen LogP contribution is -1.83. The molecule has 0 spiro atoms. The van der Waals surface area contributed by atoms with E-state index >= 15 is 0 Å². The third kappa shape index (κ3) is 2.02. The van der Waals surface area contributed by atoms with Crippen molar-refractivity contribution in [1.29, 1.82) is 0 Å². The van der Waals surface area contributed by atoms with Crippen molar-refractivity contribution in [3.63, 3.8) is 0 Å². The molecule has 0 atom stereocenters. The van der Waals surface area contributed by atoms with E-state index < -0.39 is 0 Å². The van der Waals surface area contributed by atoms with Crippen LogP contribution in [0.25, 0.3) is 44.8 Å². The number of fused-ring (bicyclic) bond motifs is 2. The molecule has 3 nitrogen and oxygen atoms in total. The molecule has 2 aromatic heterocycles. The van der Waals surface area contributed by atoms with Crippen molar-refractivity contribution in [2.24, 2.45) is 0 Å². The standard InChI is InChI=1S/C21H13NO2/c1-5-11-18-14(7-1)13-20(23-18)15-8-2-3-9-16(15)21-22-17-10-4-6-12-19(17)24-21/h1-13H. The van der Waals surface area contributed by atoms with Crippen LogP contribution >= 0.6 is 0 Å². The highest BCUT2D eigenvalue weighted by atomic mass is 16.3. The molecule has 3 heteroatoms. The molecule has 0 amide bonds. The second kappa shape index (κ2) is 5.10. The van der Waals surface area contributed by atoms with Crippen molar-refractivity contribution in [3.8, 4) is 22.8 Å². The minimum Gasteiger partial charge on any atom is -0.456 e. The zero-order valence-corrected chi connectivity index (χ0v) is 12.8. The molecule has 5 rings (SSSR count). The van der Waals surface area contributed by atoms with E-state index in [2.05, 4.69) is 11.1 Å². The fourth-order valence-corrected chi connectivity index (χ4v) is 2.99. The summed E-state index contributed by atoms with van der Waals surface area (Å²) in [4.78, 5) is 4.61. The Hall–Kier alpha value is -3.33. The highest BCUT2D eigenvalue weighted by molar-refractivity contribution is 5.87. The lowest BCUT2D eigenvalue weighted by Gasteiger charge is -2.03. The average molecular weight is 311 g/mol. The predicted octanol–water partition coefficient (Wildman–Crippen LogP) is 5.91. The molecule has 0 bridgehead atoms. The molecule has 114 valence electrons. The number of nitrogens with zero attached hydrogens (tertiary/aromatic N) is 1. The van der Waals surface area contributed by atoms with Gasteiger partial charge in [0.1, 0.15) is 16.9 Å². The van der Waals surface area contributed by atoms with Gasteiger partial charge in [-0.05, 0) is 30.3 Å². The van der Waals surface area contributed by atoms with Crippen molar-refractivity contribution in [1.82, 2.24) is 4.98 Å². The Balaban J connectivity index is 1.72. The second-order valence-electron chi connectivity index (χ2n) is 5.68. The first kappa shape index (κ1) is 13.1. The highest BCUT2D eigenvalue weighted by Gasteiger charge is 2.15. The van der Waals surface area contributed by atoms with Gasteiger partial charge in [0, 0.05) is 16.5 Å². The third-order valence-corrected chi connectivity index (χ3v) is 4.14. The molecule has 0 radical (unpaired) electrons. The van der Waals surface area contributed by atoms with Gasteiger partial charge < -0.3 is 8.83 Å². The Morgan fingerprint density at radius 3 is 2.17 bits per heavy atom. The Morgan fingerprint density at radius 1 is 0.625 bits per heavy atom. The Morgan fingerprint density at radius 2 is 1.33 bits per heavy atom. The van der Waals surface area contributed by atoms with Crippen LogP contribution in [0, 0.1) is 0 Å². The van der Waals surface area contributed by atoms with Crippen molar-refractivity contribution in [2.75, 3.05) is 0 Å². The number of hydrogen-bond acceptors (Lipinski definition) is 3. The monoisotopic (exact) mass is 311 g/mol. The molecule has 2 heterocycles. The molecule has 0 fully saturated rings. The van der Waals surface area contributed by atoms with Crippen LogP contribution in [0.4, 0.5) is 0 Å². The van der Waals surface area contributed by atoms with Gasteiger partial charge in [-0.1, -0.05) is 48.5 Å². The van der Waals surface area contributed by atoms with E-state index in [1.165, 1.54) is 0 Å². The zero-order valence-electron chi connectivity index (χ0n) is 12.8. The zero-order chi connectivity index (χ0) is 15.9. The number of furan rings is 1. The molecule has 0 aliphatic heterocycles. The topological polar surface area (TPSA) is 39.2 Å². The van der Waals surface area contributed by atoms with E-state index in [0.717, 1.165) is 39.0 Å². The van der Waals surface area contributed by atoms with E-state index in [1.54, 1.807) is 0 Å². The average Bonchev–Trinajstić information content (AvgIpc) is 3.25. The summed E-state index contributed by atoms with van der Waals surface area (Å²) in [5.74, 6) is 1.42. The van der Waals surface area contributed by atoms with Crippen LogP contribution in [0.3, 0.4) is 0 Å². The molecule has 0 saturated carbocycles. The van der Waals surface area contributed by atoms with Crippen LogP contribution in [0.2, 0.25) is 0 Å². The first-order valence-corrected chi connectivity index (χ1v) is 7.82. The first-order chi connectivity index (χ1) is 11.9. The molecule has 0 aliphatic carbocycles. The smallest absolute Gasteiger partial charge is 0.228 e. The first-order valence-electron chi connectivity index (χ1n) is 7.82. The SMILES string of the molecule is c1ccc(-c2nc3ccccc3o2)c(-c2cc3ccccc3o2)c1. The van der Waals surface area contributed by atoms with Crippen LogP contribution < -0.4 is 0 Å². The summed E-state index contributed by atoms with van der Waals surface area (Å²) in [7, 11) is 0.